The summed E-state index contributed by atoms with van der Waals surface area (Å²) < 4.78 is 0. The first-order valence-electron chi connectivity index (χ1n) is 6.67. The number of rotatable bonds is 3. The highest BCUT2D eigenvalue weighted by Crippen LogP contribution is 2.30. The molecule has 1 amide bonds. The second-order valence-electron chi connectivity index (χ2n) is 4.48. The Balaban J connectivity index is 1.86. The number of aryl methyl sites for hydroxylation is 1. The lowest BCUT2D eigenvalue weighted by Crippen LogP contribution is -2.19. The van der Waals surface area contributed by atoms with Crippen LogP contribution >= 0.6 is 23.1 Å². The minimum absolute atomic E-state index is 0.0823. The molecular formula is C16H14N2OS2. The van der Waals surface area contributed by atoms with Crippen molar-refractivity contribution in [2.45, 2.75) is 13.3 Å². The molecule has 1 aliphatic rings. The van der Waals surface area contributed by atoms with Gasteiger partial charge in [0, 0.05) is 4.88 Å². The number of nitrogens with zero attached hydrogens (tertiary/aromatic N) is 1. The van der Waals surface area contributed by atoms with Crippen LogP contribution in [0.15, 0.2) is 51.7 Å². The Morgan fingerprint density at radius 2 is 2.10 bits per heavy atom. The van der Waals surface area contributed by atoms with Crippen molar-refractivity contribution in [1.29, 1.82) is 0 Å². The standard InChI is InChI=1S/C16H14N2OS2/c1-2-11-6-3-4-8-13(11)17-16-18-15(19)14(21-16)10-12-7-5-9-20-12/h3-10H,2H2,1H3,(H,17,18,19). The summed E-state index contributed by atoms with van der Waals surface area (Å²) in [6.07, 6.45) is 2.82. The third kappa shape index (κ3) is 3.25. The highest BCUT2D eigenvalue weighted by molar-refractivity contribution is 8.18. The van der Waals surface area contributed by atoms with E-state index in [1.807, 2.05) is 41.8 Å². The molecule has 106 valence electrons. The normalized spacial score (nSPS) is 18.4. The van der Waals surface area contributed by atoms with Gasteiger partial charge in [-0.3, -0.25) is 4.79 Å². The highest BCUT2D eigenvalue weighted by Gasteiger charge is 2.24. The zero-order valence-corrected chi connectivity index (χ0v) is 13.1. The van der Waals surface area contributed by atoms with E-state index in [1.165, 1.54) is 17.3 Å². The van der Waals surface area contributed by atoms with E-state index in [9.17, 15) is 4.79 Å². The third-order valence-corrected chi connectivity index (χ3v) is 4.79. The predicted octanol–water partition coefficient (Wildman–Crippen LogP) is 4.20. The Bertz CT molecular complexity index is 718. The molecule has 1 aliphatic heterocycles. The monoisotopic (exact) mass is 314 g/mol. The molecule has 1 fully saturated rings. The van der Waals surface area contributed by atoms with Gasteiger partial charge in [0.1, 0.15) is 0 Å². The van der Waals surface area contributed by atoms with Crippen molar-refractivity contribution >= 4 is 45.9 Å². The number of amides is 1. The zero-order chi connectivity index (χ0) is 14.7. The molecule has 0 saturated carbocycles. The molecule has 3 nitrogen and oxygen atoms in total. The molecule has 0 radical (unpaired) electrons. The average Bonchev–Trinajstić information content (AvgIpc) is 3.11. The molecule has 1 N–H and O–H groups in total. The summed E-state index contributed by atoms with van der Waals surface area (Å²) in [6.45, 7) is 2.10. The van der Waals surface area contributed by atoms with Crippen LogP contribution in [0.1, 0.15) is 17.4 Å². The molecule has 0 atom stereocenters. The second-order valence-corrected chi connectivity index (χ2v) is 6.49. The SMILES string of the molecule is CCc1ccccc1N=C1NC(=O)C(=Cc2cccs2)S1. The van der Waals surface area contributed by atoms with Crippen LogP contribution in [0.25, 0.3) is 6.08 Å². The molecular weight excluding hydrogens is 300 g/mol. The number of aliphatic imine (C=N–C) groups is 1. The van der Waals surface area contributed by atoms with E-state index in [1.54, 1.807) is 11.3 Å². The third-order valence-electron chi connectivity index (χ3n) is 3.06. The average molecular weight is 314 g/mol. The number of hydrogen-bond acceptors (Lipinski definition) is 4. The van der Waals surface area contributed by atoms with Crippen LogP contribution in [0.5, 0.6) is 0 Å². The summed E-state index contributed by atoms with van der Waals surface area (Å²) >= 11 is 3.00. The molecule has 21 heavy (non-hydrogen) atoms. The molecule has 2 heterocycles. The molecule has 1 aromatic heterocycles. The van der Waals surface area contributed by atoms with Crippen molar-refractivity contribution in [2.24, 2.45) is 4.99 Å². The van der Waals surface area contributed by atoms with Gasteiger partial charge < -0.3 is 5.32 Å². The van der Waals surface area contributed by atoms with Gasteiger partial charge in [-0.15, -0.1) is 11.3 Å². The van der Waals surface area contributed by atoms with Gasteiger partial charge in [0.2, 0.25) is 0 Å². The van der Waals surface area contributed by atoms with Crippen molar-refractivity contribution in [2.75, 3.05) is 0 Å². The van der Waals surface area contributed by atoms with Gasteiger partial charge >= 0.3 is 0 Å². The van der Waals surface area contributed by atoms with Crippen LogP contribution in [-0.2, 0) is 11.2 Å². The van der Waals surface area contributed by atoms with E-state index in [4.69, 9.17) is 0 Å². The number of hydrogen-bond donors (Lipinski definition) is 1. The number of carbonyl (C=O) groups is 1. The first kappa shape index (κ1) is 14.1. The van der Waals surface area contributed by atoms with E-state index >= 15 is 0 Å². The maximum absolute atomic E-state index is 12.0. The smallest absolute Gasteiger partial charge is 0.264 e. The fraction of sp³-hybridized carbons (Fsp3) is 0.125. The first-order chi connectivity index (χ1) is 10.3. The van der Waals surface area contributed by atoms with Crippen molar-refractivity contribution < 1.29 is 4.79 Å². The summed E-state index contributed by atoms with van der Waals surface area (Å²) in [7, 11) is 0. The molecule has 1 aromatic carbocycles. The molecule has 0 aliphatic carbocycles. The van der Waals surface area contributed by atoms with Crippen LogP contribution in [0.4, 0.5) is 5.69 Å². The molecule has 0 spiro atoms. The van der Waals surface area contributed by atoms with Gasteiger partial charge in [-0.1, -0.05) is 31.2 Å². The number of thioether (sulfide) groups is 1. The molecule has 1 saturated heterocycles. The van der Waals surface area contributed by atoms with Crippen LogP contribution in [-0.4, -0.2) is 11.1 Å². The van der Waals surface area contributed by atoms with Crippen LogP contribution < -0.4 is 5.32 Å². The van der Waals surface area contributed by atoms with Crippen molar-refractivity contribution in [3.05, 3.63) is 57.1 Å². The maximum Gasteiger partial charge on any atom is 0.264 e. The molecule has 0 bridgehead atoms. The lowest BCUT2D eigenvalue weighted by molar-refractivity contribution is -0.115. The van der Waals surface area contributed by atoms with Gasteiger partial charge in [-0.05, 0) is 47.3 Å². The topological polar surface area (TPSA) is 41.5 Å². The minimum atomic E-state index is -0.0823. The van der Waals surface area contributed by atoms with E-state index in [0.717, 1.165) is 17.0 Å². The van der Waals surface area contributed by atoms with Gasteiger partial charge in [0.05, 0.1) is 10.6 Å². The summed E-state index contributed by atoms with van der Waals surface area (Å²) in [5.74, 6) is -0.0823. The summed E-state index contributed by atoms with van der Waals surface area (Å²) in [6, 6.07) is 12.0. The van der Waals surface area contributed by atoms with Crippen LogP contribution in [0.2, 0.25) is 0 Å². The van der Waals surface area contributed by atoms with Gasteiger partial charge in [-0.2, -0.15) is 0 Å². The van der Waals surface area contributed by atoms with Gasteiger partial charge in [-0.25, -0.2) is 4.99 Å². The van der Waals surface area contributed by atoms with E-state index in [2.05, 4.69) is 23.3 Å². The Kier molecular flexibility index (Phi) is 4.22. The predicted molar refractivity (Wildman–Crippen MR) is 90.9 cm³/mol. The quantitative estimate of drug-likeness (QED) is 0.863. The minimum Gasteiger partial charge on any atom is -0.300 e. The fourth-order valence-electron chi connectivity index (χ4n) is 2.01. The lowest BCUT2D eigenvalue weighted by atomic mass is 10.1. The largest absolute Gasteiger partial charge is 0.300 e. The van der Waals surface area contributed by atoms with Crippen molar-refractivity contribution in [3.8, 4) is 0 Å². The van der Waals surface area contributed by atoms with Crippen molar-refractivity contribution in [3.63, 3.8) is 0 Å². The number of amidine groups is 1. The Labute approximate surface area is 131 Å². The van der Waals surface area contributed by atoms with Crippen LogP contribution in [0.3, 0.4) is 0 Å². The number of carbonyl (C=O) groups excluding carboxylic acids is 1. The maximum atomic E-state index is 12.0. The lowest BCUT2D eigenvalue weighted by Gasteiger charge is -2.02. The Morgan fingerprint density at radius 3 is 2.86 bits per heavy atom. The molecule has 0 unspecified atom stereocenters. The molecule has 5 heteroatoms. The van der Waals surface area contributed by atoms with E-state index in [-0.39, 0.29) is 5.91 Å². The number of thiophene rings is 1. The van der Waals surface area contributed by atoms with Crippen molar-refractivity contribution in [1.82, 2.24) is 5.32 Å². The summed E-state index contributed by atoms with van der Waals surface area (Å²) in [5, 5.41) is 5.47. The van der Waals surface area contributed by atoms with Gasteiger partial charge in [0.25, 0.3) is 5.91 Å². The highest BCUT2D eigenvalue weighted by atomic mass is 32.2. The molecule has 2 aromatic rings. The Morgan fingerprint density at radius 1 is 1.24 bits per heavy atom. The number of benzene rings is 1. The Hall–Kier alpha value is -1.85. The number of nitrogens with one attached hydrogen (secondary N) is 1. The fourth-order valence-corrected chi connectivity index (χ4v) is 3.57. The second kappa shape index (κ2) is 6.28. The number of para-hydroxylation sites is 1. The van der Waals surface area contributed by atoms with E-state index < -0.39 is 0 Å². The first-order valence-corrected chi connectivity index (χ1v) is 8.37. The summed E-state index contributed by atoms with van der Waals surface area (Å²) in [4.78, 5) is 18.3. The molecule has 3 rings (SSSR count). The van der Waals surface area contributed by atoms with Gasteiger partial charge in [0.15, 0.2) is 5.17 Å². The zero-order valence-electron chi connectivity index (χ0n) is 11.5. The summed E-state index contributed by atoms with van der Waals surface area (Å²) in [5.41, 5.74) is 2.09. The van der Waals surface area contributed by atoms with Crippen LogP contribution in [0, 0.1) is 0 Å². The van der Waals surface area contributed by atoms with E-state index in [0.29, 0.717) is 10.1 Å².